The lowest BCUT2D eigenvalue weighted by atomic mass is 10.2. The van der Waals surface area contributed by atoms with E-state index in [0.717, 1.165) is 4.47 Å². The van der Waals surface area contributed by atoms with E-state index < -0.39 is 5.97 Å². The number of carbonyl (C=O) groups is 1. The zero-order valence-corrected chi connectivity index (χ0v) is 11.0. The highest BCUT2D eigenvalue weighted by Crippen LogP contribution is 2.21. The molecule has 2 rings (SSSR count). The fraction of sp³-hybridized carbons (Fsp3) is 0.182. The average molecular weight is 311 g/mol. The van der Waals surface area contributed by atoms with Crippen LogP contribution < -0.4 is 5.32 Å². The number of hydrogen-bond acceptors (Lipinski definition) is 4. The van der Waals surface area contributed by atoms with Crippen molar-refractivity contribution in [3.63, 3.8) is 0 Å². The van der Waals surface area contributed by atoms with E-state index >= 15 is 0 Å². The molecule has 0 saturated carbocycles. The number of rotatable bonds is 5. The van der Waals surface area contributed by atoms with Crippen LogP contribution in [0, 0.1) is 0 Å². The molecule has 0 radical (unpaired) electrons. The molecular weight excluding hydrogens is 300 g/mol. The predicted octanol–water partition coefficient (Wildman–Crippen LogP) is 1.85. The number of aromatic nitrogens is 3. The third kappa shape index (κ3) is 3.07. The molecule has 0 unspecified atom stereocenters. The number of nitrogens with one attached hydrogen (secondary N) is 1. The van der Waals surface area contributed by atoms with Crippen molar-refractivity contribution in [2.75, 3.05) is 11.9 Å². The molecule has 0 spiro atoms. The van der Waals surface area contributed by atoms with E-state index in [1.54, 1.807) is 35.3 Å². The number of hydrogen-bond donors (Lipinski definition) is 2. The molecule has 18 heavy (non-hydrogen) atoms. The molecule has 1 heterocycles. The lowest BCUT2D eigenvalue weighted by Crippen LogP contribution is -2.13. The van der Waals surface area contributed by atoms with Gasteiger partial charge in [0, 0.05) is 22.9 Å². The van der Waals surface area contributed by atoms with Crippen molar-refractivity contribution in [1.82, 2.24) is 15.0 Å². The highest BCUT2D eigenvalue weighted by Gasteiger charge is 2.09. The third-order valence-corrected chi connectivity index (χ3v) is 2.83. The number of halogens is 1. The molecule has 94 valence electrons. The molecule has 0 bridgehead atoms. The molecule has 0 aliphatic carbocycles. The van der Waals surface area contributed by atoms with Gasteiger partial charge in [-0.05, 0) is 18.2 Å². The van der Waals surface area contributed by atoms with Crippen molar-refractivity contribution in [3.05, 3.63) is 40.6 Å². The summed E-state index contributed by atoms with van der Waals surface area (Å²) < 4.78 is 2.50. The van der Waals surface area contributed by atoms with Gasteiger partial charge in [0.1, 0.15) is 0 Å². The summed E-state index contributed by atoms with van der Waals surface area (Å²) in [5, 5.41) is 19.6. The molecule has 0 amide bonds. The summed E-state index contributed by atoms with van der Waals surface area (Å²) in [5.41, 5.74) is 0.828. The van der Waals surface area contributed by atoms with Crippen LogP contribution in [0.1, 0.15) is 10.4 Å². The smallest absolute Gasteiger partial charge is 0.337 e. The van der Waals surface area contributed by atoms with Gasteiger partial charge in [0.15, 0.2) is 0 Å². The Morgan fingerprint density at radius 2 is 2.33 bits per heavy atom. The van der Waals surface area contributed by atoms with Gasteiger partial charge in [0.25, 0.3) is 0 Å². The SMILES string of the molecule is O=C(O)c1ccc(Br)cc1NCCn1ccnn1. The molecule has 2 aromatic rings. The third-order valence-electron chi connectivity index (χ3n) is 2.34. The summed E-state index contributed by atoms with van der Waals surface area (Å²) in [6.45, 7) is 1.19. The first-order valence-corrected chi connectivity index (χ1v) is 6.07. The van der Waals surface area contributed by atoms with Crippen LogP contribution >= 0.6 is 15.9 Å². The van der Waals surface area contributed by atoms with Crippen molar-refractivity contribution in [1.29, 1.82) is 0 Å². The summed E-state index contributed by atoms with van der Waals surface area (Å²) in [4.78, 5) is 11.0. The Balaban J connectivity index is 2.03. The van der Waals surface area contributed by atoms with E-state index in [2.05, 4.69) is 31.6 Å². The van der Waals surface area contributed by atoms with Gasteiger partial charge in [-0.2, -0.15) is 0 Å². The Bertz CT molecular complexity index is 542. The van der Waals surface area contributed by atoms with E-state index in [1.807, 2.05) is 0 Å². The monoisotopic (exact) mass is 310 g/mol. The summed E-state index contributed by atoms with van der Waals surface area (Å²) >= 11 is 3.32. The molecule has 1 aromatic heterocycles. The molecule has 2 N–H and O–H groups in total. The summed E-state index contributed by atoms with van der Waals surface area (Å²) in [5.74, 6) is -0.953. The van der Waals surface area contributed by atoms with E-state index in [4.69, 9.17) is 5.11 Å². The molecule has 0 fully saturated rings. The Kier molecular flexibility index (Phi) is 3.93. The van der Waals surface area contributed by atoms with Gasteiger partial charge in [0.05, 0.1) is 18.3 Å². The average Bonchev–Trinajstić information content (AvgIpc) is 2.82. The first kappa shape index (κ1) is 12.6. The van der Waals surface area contributed by atoms with Crippen LogP contribution in [0.15, 0.2) is 35.1 Å². The van der Waals surface area contributed by atoms with Crippen LogP contribution in [-0.4, -0.2) is 32.6 Å². The summed E-state index contributed by atoms with van der Waals surface area (Å²) in [6.07, 6.45) is 3.35. The quantitative estimate of drug-likeness (QED) is 0.881. The molecule has 1 aromatic carbocycles. The van der Waals surface area contributed by atoms with Crippen LogP contribution in [-0.2, 0) is 6.54 Å². The van der Waals surface area contributed by atoms with E-state index in [0.29, 0.717) is 18.8 Å². The van der Waals surface area contributed by atoms with Crippen molar-refractivity contribution in [3.8, 4) is 0 Å². The zero-order valence-electron chi connectivity index (χ0n) is 9.38. The molecule has 0 aliphatic heterocycles. The van der Waals surface area contributed by atoms with Crippen LogP contribution in [0.4, 0.5) is 5.69 Å². The second kappa shape index (κ2) is 5.63. The number of carboxylic acid groups (broad SMARTS) is 1. The number of nitrogens with zero attached hydrogens (tertiary/aromatic N) is 3. The molecule has 0 atom stereocenters. The molecule has 6 nitrogen and oxygen atoms in total. The van der Waals surface area contributed by atoms with E-state index in [1.165, 1.54) is 0 Å². The van der Waals surface area contributed by atoms with Crippen molar-refractivity contribution < 1.29 is 9.90 Å². The van der Waals surface area contributed by atoms with Crippen LogP contribution in [0.5, 0.6) is 0 Å². The second-order valence-electron chi connectivity index (χ2n) is 3.59. The van der Waals surface area contributed by atoms with Crippen LogP contribution in [0.3, 0.4) is 0 Å². The van der Waals surface area contributed by atoms with Gasteiger partial charge < -0.3 is 10.4 Å². The maximum absolute atomic E-state index is 11.0. The number of carboxylic acids is 1. The van der Waals surface area contributed by atoms with Gasteiger partial charge in [-0.1, -0.05) is 21.1 Å². The van der Waals surface area contributed by atoms with Crippen LogP contribution in [0.25, 0.3) is 0 Å². The summed E-state index contributed by atoms with van der Waals surface area (Å²) in [6, 6.07) is 5.00. The van der Waals surface area contributed by atoms with Crippen molar-refractivity contribution in [2.45, 2.75) is 6.54 Å². The second-order valence-corrected chi connectivity index (χ2v) is 4.50. The van der Waals surface area contributed by atoms with E-state index in [9.17, 15) is 4.79 Å². The molecule has 7 heteroatoms. The number of anilines is 1. The largest absolute Gasteiger partial charge is 0.478 e. The van der Waals surface area contributed by atoms with Crippen molar-refractivity contribution in [2.24, 2.45) is 0 Å². The molecule has 0 saturated heterocycles. The minimum atomic E-state index is -0.953. The van der Waals surface area contributed by atoms with Gasteiger partial charge in [0.2, 0.25) is 0 Å². The van der Waals surface area contributed by atoms with Gasteiger partial charge in [-0.15, -0.1) is 5.10 Å². The minimum absolute atomic E-state index is 0.247. The Hall–Kier alpha value is -1.89. The lowest BCUT2D eigenvalue weighted by molar-refractivity contribution is 0.0698. The van der Waals surface area contributed by atoms with Crippen LogP contribution in [0.2, 0.25) is 0 Å². The Morgan fingerprint density at radius 1 is 1.50 bits per heavy atom. The van der Waals surface area contributed by atoms with Gasteiger partial charge in [-0.3, -0.25) is 4.68 Å². The lowest BCUT2D eigenvalue weighted by Gasteiger charge is -2.09. The van der Waals surface area contributed by atoms with Gasteiger partial charge >= 0.3 is 5.97 Å². The summed E-state index contributed by atoms with van der Waals surface area (Å²) in [7, 11) is 0. The Morgan fingerprint density at radius 3 is 3.00 bits per heavy atom. The minimum Gasteiger partial charge on any atom is -0.478 e. The maximum Gasteiger partial charge on any atom is 0.337 e. The van der Waals surface area contributed by atoms with E-state index in [-0.39, 0.29) is 5.56 Å². The van der Waals surface area contributed by atoms with Gasteiger partial charge in [-0.25, -0.2) is 4.79 Å². The topological polar surface area (TPSA) is 80.0 Å². The fourth-order valence-corrected chi connectivity index (χ4v) is 1.87. The highest BCUT2D eigenvalue weighted by molar-refractivity contribution is 9.10. The zero-order chi connectivity index (χ0) is 13.0. The number of benzene rings is 1. The highest BCUT2D eigenvalue weighted by atomic mass is 79.9. The molecule has 0 aliphatic rings. The first-order valence-electron chi connectivity index (χ1n) is 5.27. The van der Waals surface area contributed by atoms with Crippen molar-refractivity contribution >= 4 is 27.6 Å². The predicted molar refractivity (Wildman–Crippen MR) is 69.6 cm³/mol. The normalized spacial score (nSPS) is 10.3. The maximum atomic E-state index is 11.0. The molecular formula is C11H11BrN4O2. The number of aromatic carboxylic acids is 1. The Labute approximate surface area is 112 Å². The standard InChI is InChI=1S/C11H11BrN4O2/c12-8-1-2-9(11(17)18)10(7-8)13-3-5-16-6-4-14-15-16/h1-2,4,6-7,13H,3,5H2,(H,17,18). The first-order chi connectivity index (χ1) is 8.66. The fourth-order valence-electron chi connectivity index (χ4n) is 1.51.